The van der Waals surface area contributed by atoms with Crippen LogP contribution in [0.4, 0.5) is 4.79 Å². The summed E-state index contributed by atoms with van der Waals surface area (Å²) in [7, 11) is 0. The van der Waals surface area contributed by atoms with E-state index in [-0.39, 0.29) is 6.04 Å². The van der Waals surface area contributed by atoms with Gasteiger partial charge in [0.1, 0.15) is 0 Å². The Morgan fingerprint density at radius 1 is 1.08 bits per heavy atom. The maximum Gasteiger partial charge on any atom is 0.338 e. The van der Waals surface area contributed by atoms with Crippen LogP contribution in [-0.2, 0) is 9.53 Å². The predicted octanol–water partition coefficient (Wildman–Crippen LogP) is 3.01. The van der Waals surface area contributed by atoms with Crippen LogP contribution in [0.2, 0.25) is 0 Å². The lowest BCUT2D eigenvalue weighted by atomic mass is 9.96. The number of hydrogen-bond acceptors (Lipinski definition) is 4. The number of carbonyl (C=O) groups is 3. The smallest absolute Gasteiger partial charge is 0.338 e. The molecule has 0 heterocycles. The third-order valence-electron chi connectivity index (χ3n) is 4.57. The number of nitrogens with one attached hydrogen (secondary N) is 2. The zero-order valence-electron chi connectivity index (χ0n) is 15.1. The predicted molar refractivity (Wildman–Crippen MR) is 94.3 cm³/mol. The first-order valence-electron chi connectivity index (χ1n) is 8.76. The van der Waals surface area contributed by atoms with Gasteiger partial charge in [0.15, 0.2) is 6.10 Å². The molecule has 1 fully saturated rings. The SMILES string of the molecule is Cc1ccc(C(=O)O[C@@H](C)C(=O)NC(=O)NC2CCCCC2)cc1C. The van der Waals surface area contributed by atoms with Crippen LogP contribution in [0.25, 0.3) is 0 Å². The molecular formula is C19H26N2O4. The Morgan fingerprint density at radius 3 is 2.40 bits per heavy atom. The van der Waals surface area contributed by atoms with E-state index in [2.05, 4.69) is 10.6 Å². The molecule has 136 valence electrons. The summed E-state index contributed by atoms with van der Waals surface area (Å²) in [6.45, 7) is 5.30. The fourth-order valence-corrected chi connectivity index (χ4v) is 2.83. The van der Waals surface area contributed by atoms with Gasteiger partial charge in [0.25, 0.3) is 5.91 Å². The molecule has 0 radical (unpaired) electrons. The molecular weight excluding hydrogens is 320 g/mol. The van der Waals surface area contributed by atoms with Gasteiger partial charge in [-0.3, -0.25) is 10.1 Å². The van der Waals surface area contributed by atoms with Gasteiger partial charge in [-0.15, -0.1) is 0 Å². The third-order valence-corrected chi connectivity index (χ3v) is 4.57. The summed E-state index contributed by atoms with van der Waals surface area (Å²) in [5.74, 6) is -1.22. The van der Waals surface area contributed by atoms with Crippen molar-refractivity contribution in [3.63, 3.8) is 0 Å². The van der Waals surface area contributed by atoms with E-state index < -0.39 is 24.0 Å². The number of amides is 3. The van der Waals surface area contributed by atoms with E-state index in [4.69, 9.17) is 4.74 Å². The van der Waals surface area contributed by atoms with E-state index in [9.17, 15) is 14.4 Å². The Labute approximate surface area is 148 Å². The number of carbonyl (C=O) groups excluding carboxylic acids is 3. The maximum atomic E-state index is 12.1. The van der Waals surface area contributed by atoms with Gasteiger partial charge in [0, 0.05) is 6.04 Å². The van der Waals surface area contributed by atoms with Crippen LogP contribution < -0.4 is 10.6 Å². The first-order valence-corrected chi connectivity index (χ1v) is 8.76. The molecule has 6 heteroatoms. The average molecular weight is 346 g/mol. The first kappa shape index (κ1) is 19.0. The Kier molecular flexibility index (Phi) is 6.56. The van der Waals surface area contributed by atoms with Crippen LogP contribution in [0.1, 0.15) is 60.5 Å². The molecule has 3 amide bonds. The molecule has 1 aromatic rings. The summed E-state index contributed by atoms with van der Waals surface area (Å²) >= 11 is 0. The fourth-order valence-electron chi connectivity index (χ4n) is 2.83. The maximum absolute atomic E-state index is 12.1. The highest BCUT2D eigenvalue weighted by molar-refractivity contribution is 5.98. The van der Waals surface area contributed by atoms with Crippen LogP contribution in [0.5, 0.6) is 0 Å². The minimum Gasteiger partial charge on any atom is -0.449 e. The molecule has 0 saturated heterocycles. The average Bonchev–Trinajstić information content (AvgIpc) is 2.57. The minimum atomic E-state index is -1.05. The molecule has 0 unspecified atom stereocenters. The molecule has 2 N–H and O–H groups in total. The van der Waals surface area contributed by atoms with Crippen molar-refractivity contribution in [3.05, 3.63) is 34.9 Å². The number of hydrogen-bond donors (Lipinski definition) is 2. The zero-order chi connectivity index (χ0) is 18.4. The van der Waals surface area contributed by atoms with Gasteiger partial charge < -0.3 is 10.1 Å². The molecule has 0 spiro atoms. The van der Waals surface area contributed by atoms with Gasteiger partial charge >= 0.3 is 12.0 Å². The highest BCUT2D eigenvalue weighted by Crippen LogP contribution is 2.17. The van der Waals surface area contributed by atoms with Gasteiger partial charge in [0.05, 0.1) is 5.56 Å². The second kappa shape index (κ2) is 8.65. The van der Waals surface area contributed by atoms with Crippen molar-refractivity contribution in [1.82, 2.24) is 10.6 Å². The molecule has 2 rings (SSSR count). The van der Waals surface area contributed by atoms with Crippen LogP contribution in [0.15, 0.2) is 18.2 Å². The second-order valence-electron chi connectivity index (χ2n) is 6.64. The normalized spacial score (nSPS) is 16.0. The topological polar surface area (TPSA) is 84.5 Å². The van der Waals surface area contributed by atoms with E-state index >= 15 is 0 Å². The Balaban J connectivity index is 1.83. The molecule has 25 heavy (non-hydrogen) atoms. The van der Waals surface area contributed by atoms with Crippen molar-refractivity contribution in [2.24, 2.45) is 0 Å². The van der Waals surface area contributed by atoms with Gasteiger partial charge in [-0.25, -0.2) is 9.59 Å². The van der Waals surface area contributed by atoms with Crippen molar-refractivity contribution < 1.29 is 19.1 Å². The summed E-state index contributed by atoms with van der Waals surface area (Å²) in [4.78, 5) is 36.0. The number of rotatable bonds is 4. The number of imide groups is 1. The van der Waals surface area contributed by atoms with Gasteiger partial charge in [-0.1, -0.05) is 25.3 Å². The first-order chi connectivity index (χ1) is 11.9. The van der Waals surface area contributed by atoms with Crippen molar-refractivity contribution in [1.29, 1.82) is 0 Å². The van der Waals surface area contributed by atoms with Gasteiger partial charge in [0.2, 0.25) is 0 Å². The van der Waals surface area contributed by atoms with Crippen molar-refractivity contribution in [3.8, 4) is 0 Å². The quantitative estimate of drug-likeness (QED) is 0.821. The second-order valence-corrected chi connectivity index (χ2v) is 6.64. The lowest BCUT2D eigenvalue weighted by Gasteiger charge is -2.23. The lowest BCUT2D eigenvalue weighted by molar-refractivity contribution is -0.127. The Morgan fingerprint density at radius 2 is 1.76 bits per heavy atom. The summed E-state index contributed by atoms with van der Waals surface area (Å²) in [5, 5.41) is 5.03. The van der Waals surface area contributed by atoms with E-state index in [1.807, 2.05) is 19.9 Å². The summed E-state index contributed by atoms with van der Waals surface area (Å²) in [6, 6.07) is 4.78. The Hall–Kier alpha value is -2.37. The van der Waals surface area contributed by atoms with Gasteiger partial charge in [-0.2, -0.15) is 0 Å². The van der Waals surface area contributed by atoms with E-state index in [1.165, 1.54) is 13.3 Å². The third kappa shape index (κ3) is 5.59. The molecule has 1 atom stereocenters. The van der Waals surface area contributed by atoms with Gasteiger partial charge in [-0.05, 0) is 56.9 Å². The molecule has 6 nitrogen and oxygen atoms in total. The zero-order valence-corrected chi connectivity index (χ0v) is 15.1. The number of ether oxygens (including phenoxy) is 1. The van der Waals surface area contributed by atoms with Crippen LogP contribution in [0, 0.1) is 13.8 Å². The monoisotopic (exact) mass is 346 g/mol. The fraction of sp³-hybridized carbons (Fsp3) is 0.526. The standard InChI is InChI=1S/C19H26N2O4/c1-12-9-10-15(11-13(12)2)18(23)25-14(3)17(22)21-19(24)20-16-7-5-4-6-8-16/h9-11,14,16H,4-8H2,1-3H3,(H2,20,21,22,24)/t14-/m0/s1. The van der Waals surface area contributed by atoms with Crippen LogP contribution in [-0.4, -0.2) is 30.1 Å². The van der Waals surface area contributed by atoms with E-state index in [1.54, 1.807) is 12.1 Å². The molecule has 0 aromatic heterocycles. The van der Waals surface area contributed by atoms with Crippen LogP contribution in [0.3, 0.4) is 0 Å². The lowest BCUT2D eigenvalue weighted by Crippen LogP contribution is -2.48. The minimum absolute atomic E-state index is 0.106. The highest BCUT2D eigenvalue weighted by Gasteiger charge is 2.22. The number of aryl methyl sites for hydroxylation is 2. The van der Waals surface area contributed by atoms with E-state index in [0.717, 1.165) is 36.8 Å². The highest BCUT2D eigenvalue weighted by atomic mass is 16.5. The summed E-state index contributed by atoms with van der Waals surface area (Å²) < 4.78 is 5.15. The van der Waals surface area contributed by atoms with Crippen molar-refractivity contribution >= 4 is 17.9 Å². The van der Waals surface area contributed by atoms with Crippen molar-refractivity contribution in [2.45, 2.75) is 65.0 Å². The number of urea groups is 1. The van der Waals surface area contributed by atoms with E-state index in [0.29, 0.717) is 5.56 Å². The molecule has 1 aromatic carbocycles. The molecule has 1 aliphatic rings. The van der Waals surface area contributed by atoms with Crippen molar-refractivity contribution in [2.75, 3.05) is 0 Å². The van der Waals surface area contributed by atoms with Crippen LogP contribution >= 0.6 is 0 Å². The molecule has 0 bridgehead atoms. The number of esters is 1. The molecule has 0 aliphatic heterocycles. The largest absolute Gasteiger partial charge is 0.449 e. The molecule has 1 saturated carbocycles. The summed E-state index contributed by atoms with van der Waals surface area (Å²) in [6.07, 6.45) is 4.17. The Bertz CT molecular complexity index is 651. The molecule has 1 aliphatic carbocycles. The number of benzene rings is 1. The summed E-state index contributed by atoms with van der Waals surface area (Å²) in [5.41, 5.74) is 2.43.